The molecule has 0 aliphatic rings. The van der Waals surface area contributed by atoms with Gasteiger partial charge in [0.05, 0.1) is 23.4 Å². The first-order valence-corrected chi connectivity index (χ1v) is 7.86. The van der Waals surface area contributed by atoms with Gasteiger partial charge in [-0.1, -0.05) is 23.7 Å². The molecule has 0 fully saturated rings. The van der Waals surface area contributed by atoms with Crippen LogP contribution in [0.5, 0.6) is 0 Å². The summed E-state index contributed by atoms with van der Waals surface area (Å²) in [6, 6.07) is 8.79. The van der Waals surface area contributed by atoms with Crippen molar-refractivity contribution in [1.29, 1.82) is 0 Å². The minimum atomic E-state index is -4.09. The van der Waals surface area contributed by atoms with Crippen molar-refractivity contribution in [2.45, 2.75) is 4.90 Å². The normalized spacial score (nSPS) is 11.0. The smallest absolute Gasteiger partial charge is 0.339 e. The summed E-state index contributed by atoms with van der Waals surface area (Å²) in [5.41, 5.74) is -0.113. The highest BCUT2D eigenvalue weighted by atomic mass is 35.5. The Bertz CT molecular complexity index is 823. The Labute approximate surface area is 131 Å². The molecule has 0 amide bonds. The molecule has 0 aliphatic carbocycles. The van der Waals surface area contributed by atoms with Crippen LogP contribution in [0.3, 0.4) is 0 Å². The number of methoxy groups -OCH3 is 1. The van der Waals surface area contributed by atoms with Gasteiger partial charge in [-0.15, -0.1) is 0 Å². The molecule has 0 heterocycles. The standard InChI is InChI=1S/C14H11ClFNO4S/c1-21-14(18)10-4-2-3-5-13(10)22(19,20)17-12-7-6-9(16)8-11(12)15/h2-8,17H,1H3. The fourth-order valence-corrected chi connectivity index (χ4v) is 3.30. The predicted molar refractivity (Wildman–Crippen MR) is 80.0 cm³/mol. The van der Waals surface area contributed by atoms with Crippen LogP contribution in [0.2, 0.25) is 5.02 Å². The number of ether oxygens (including phenoxy) is 1. The van der Waals surface area contributed by atoms with Crippen LogP contribution in [0.25, 0.3) is 0 Å². The second-order valence-electron chi connectivity index (χ2n) is 4.22. The van der Waals surface area contributed by atoms with Crippen molar-refractivity contribution in [2.24, 2.45) is 0 Å². The summed E-state index contributed by atoms with van der Waals surface area (Å²) in [6.07, 6.45) is 0. The number of nitrogens with one attached hydrogen (secondary N) is 1. The van der Waals surface area contributed by atoms with E-state index in [9.17, 15) is 17.6 Å². The van der Waals surface area contributed by atoms with Crippen LogP contribution in [-0.4, -0.2) is 21.5 Å². The molecule has 0 spiro atoms. The maximum Gasteiger partial charge on any atom is 0.339 e. The fourth-order valence-electron chi connectivity index (χ4n) is 1.75. The molecule has 0 saturated carbocycles. The first-order valence-electron chi connectivity index (χ1n) is 6.00. The number of anilines is 1. The van der Waals surface area contributed by atoms with Crippen molar-refractivity contribution in [3.05, 3.63) is 58.9 Å². The second-order valence-corrected chi connectivity index (χ2v) is 6.28. The Balaban J connectivity index is 2.45. The lowest BCUT2D eigenvalue weighted by molar-refractivity contribution is 0.0596. The Morgan fingerprint density at radius 2 is 1.91 bits per heavy atom. The summed E-state index contributed by atoms with van der Waals surface area (Å²) in [5, 5.41) is -0.0980. The van der Waals surface area contributed by atoms with Gasteiger partial charge in [0.1, 0.15) is 10.7 Å². The topological polar surface area (TPSA) is 72.5 Å². The number of benzene rings is 2. The van der Waals surface area contributed by atoms with Gasteiger partial charge in [-0.3, -0.25) is 4.72 Å². The summed E-state index contributed by atoms with van der Waals surface area (Å²) in [7, 11) is -2.94. The van der Waals surface area contributed by atoms with Gasteiger partial charge in [0.15, 0.2) is 0 Å². The minimum absolute atomic E-state index is 0.00253. The monoisotopic (exact) mass is 343 g/mol. The van der Waals surface area contributed by atoms with Gasteiger partial charge in [0.25, 0.3) is 10.0 Å². The number of hydrogen-bond acceptors (Lipinski definition) is 4. The zero-order valence-electron chi connectivity index (χ0n) is 11.3. The van der Waals surface area contributed by atoms with E-state index in [1.807, 2.05) is 0 Å². The van der Waals surface area contributed by atoms with Crippen LogP contribution in [0.1, 0.15) is 10.4 Å². The number of carbonyl (C=O) groups excluding carboxylic acids is 1. The quantitative estimate of drug-likeness (QED) is 0.866. The highest BCUT2D eigenvalue weighted by molar-refractivity contribution is 7.92. The van der Waals surface area contributed by atoms with Gasteiger partial charge in [0.2, 0.25) is 0 Å². The first kappa shape index (κ1) is 16.3. The lowest BCUT2D eigenvalue weighted by Gasteiger charge is -2.12. The van der Waals surface area contributed by atoms with E-state index in [2.05, 4.69) is 9.46 Å². The Kier molecular flexibility index (Phi) is 4.68. The summed E-state index contributed by atoms with van der Waals surface area (Å²) in [5.74, 6) is -1.38. The van der Waals surface area contributed by atoms with Gasteiger partial charge in [0, 0.05) is 0 Å². The van der Waals surface area contributed by atoms with Crippen LogP contribution in [0.4, 0.5) is 10.1 Å². The van der Waals surface area contributed by atoms with Crippen LogP contribution in [0.15, 0.2) is 47.4 Å². The zero-order valence-corrected chi connectivity index (χ0v) is 12.9. The van der Waals surface area contributed by atoms with Gasteiger partial charge >= 0.3 is 5.97 Å². The van der Waals surface area contributed by atoms with Crippen LogP contribution < -0.4 is 4.72 Å². The Hall–Kier alpha value is -2.12. The van der Waals surface area contributed by atoms with E-state index in [1.54, 1.807) is 0 Å². The van der Waals surface area contributed by atoms with E-state index < -0.39 is 21.8 Å². The molecule has 0 aliphatic heterocycles. The molecule has 0 radical (unpaired) electrons. The molecule has 0 bridgehead atoms. The highest BCUT2D eigenvalue weighted by Crippen LogP contribution is 2.26. The van der Waals surface area contributed by atoms with Crippen molar-refractivity contribution in [3.8, 4) is 0 Å². The summed E-state index contributed by atoms with van der Waals surface area (Å²) >= 11 is 5.79. The van der Waals surface area contributed by atoms with E-state index in [4.69, 9.17) is 11.6 Å². The van der Waals surface area contributed by atoms with Crippen molar-refractivity contribution >= 4 is 33.3 Å². The second kappa shape index (κ2) is 6.33. The summed E-state index contributed by atoms with van der Waals surface area (Å²) in [4.78, 5) is 11.4. The Morgan fingerprint density at radius 1 is 1.23 bits per heavy atom. The zero-order chi connectivity index (χ0) is 16.3. The molecule has 0 saturated heterocycles. The average Bonchev–Trinajstić information content (AvgIpc) is 2.49. The number of esters is 1. The molecule has 2 rings (SSSR count). The molecule has 2 aromatic rings. The molecule has 0 unspecified atom stereocenters. The first-order chi connectivity index (χ1) is 10.3. The number of hydrogen-bond donors (Lipinski definition) is 1. The average molecular weight is 344 g/mol. The van der Waals surface area contributed by atoms with E-state index in [1.165, 1.54) is 30.3 Å². The minimum Gasteiger partial charge on any atom is -0.465 e. The van der Waals surface area contributed by atoms with E-state index in [-0.39, 0.29) is 21.2 Å². The number of sulfonamides is 1. The molecule has 0 atom stereocenters. The molecule has 1 N–H and O–H groups in total. The SMILES string of the molecule is COC(=O)c1ccccc1S(=O)(=O)Nc1ccc(F)cc1Cl. The van der Waals surface area contributed by atoms with Crippen molar-refractivity contribution in [1.82, 2.24) is 0 Å². The van der Waals surface area contributed by atoms with Crippen LogP contribution >= 0.6 is 11.6 Å². The van der Waals surface area contributed by atoms with Crippen LogP contribution in [0, 0.1) is 5.82 Å². The number of rotatable bonds is 4. The molecule has 5 nitrogen and oxygen atoms in total. The van der Waals surface area contributed by atoms with E-state index >= 15 is 0 Å². The number of halogens is 2. The van der Waals surface area contributed by atoms with Gasteiger partial charge in [-0.05, 0) is 30.3 Å². The van der Waals surface area contributed by atoms with E-state index in [0.717, 1.165) is 19.2 Å². The van der Waals surface area contributed by atoms with E-state index in [0.29, 0.717) is 0 Å². The lowest BCUT2D eigenvalue weighted by atomic mass is 10.2. The lowest BCUT2D eigenvalue weighted by Crippen LogP contribution is -2.17. The third-order valence-electron chi connectivity index (χ3n) is 2.76. The molecule has 116 valence electrons. The largest absolute Gasteiger partial charge is 0.465 e. The summed E-state index contributed by atoms with van der Waals surface area (Å²) < 4.78 is 44.6. The van der Waals surface area contributed by atoms with Gasteiger partial charge < -0.3 is 4.74 Å². The predicted octanol–water partition coefficient (Wildman–Crippen LogP) is 3.07. The fraction of sp³-hybridized carbons (Fsp3) is 0.0714. The molecule has 8 heteroatoms. The molecule has 0 aromatic heterocycles. The molecule has 2 aromatic carbocycles. The molecular weight excluding hydrogens is 333 g/mol. The highest BCUT2D eigenvalue weighted by Gasteiger charge is 2.23. The maximum atomic E-state index is 13.0. The number of carbonyl (C=O) groups is 1. The van der Waals surface area contributed by atoms with Gasteiger partial charge in [-0.2, -0.15) is 0 Å². The maximum absolute atomic E-state index is 13.0. The van der Waals surface area contributed by atoms with Crippen molar-refractivity contribution in [3.63, 3.8) is 0 Å². The molecular formula is C14H11ClFNO4S. The van der Waals surface area contributed by atoms with Crippen LogP contribution in [-0.2, 0) is 14.8 Å². The van der Waals surface area contributed by atoms with Crippen molar-refractivity contribution in [2.75, 3.05) is 11.8 Å². The summed E-state index contributed by atoms with van der Waals surface area (Å²) in [6.45, 7) is 0. The molecule has 22 heavy (non-hydrogen) atoms. The van der Waals surface area contributed by atoms with Gasteiger partial charge in [-0.25, -0.2) is 17.6 Å². The third kappa shape index (κ3) is 3.37. The Morgan fingerprint density at radius 3 is 2.55 bits per heavy atom. The van der Waals surface area contributed by atoms with Crippen molar-refractivity contribution < 1.29 is 22.3 Å². The third-order valence-corrected chi connectivity index (χ3v) is 4.49.